The van der Waals surface area contributed by atoms with Crippen LogP contribution in [0.3, 0.4) is 0 Å². The number of rotatable bonds is 6. The Labute approximate surface area is 175 Å². The maximum Gasteiger partial charge on any atom is 0.244 e. The van der Waals surface area contributed by atoms with Crippen molar-refractivity contribution >= 4 is 23.2 Å². The van der Waals surface area contributed by atoms with Crippen molar-refractivity contribution in [2.45, 2.75) is 46.3 Å². The highest BCUT2D eigenvalue weighted by Gasteiger charge is 2.28. The molecule has 1 atom stereocenters. The zero-order valence-corrected chi connectivity index (χ0v) is 18.4. The van der Waals surface area contributed by atoms with Crippen LogP contribution in [0.5, 0.6) is 0 Å². The van der Waals surface area contributed by atoms with Gasteiger partial charge in [-0.25, -0.2) is 4.99 Å². The van der Waals surface area contributed by atoms with Gasteiger partial charge in [-0.15, -0.1) is 11.3 Å². The van der Waals surface area contributed by atoms with E-state index in [9.17, 15) is 9.90 Å². The first-order valence-corrected chi connectivity index (χ1v) is 10.8. The molecule has 29 heavy (non-hydrogen) atoms. The summed E-state index contributed by atoms with van der Waals surface area (Å²) >= 11 is 1.76. The Morgan fingerprint density at radius 1 is 1.41 bits per heavy atom. The fraction of sp³-hybridized carbons (Fsp3) is 0.524. The lowest BCUT2D eigenvalue weighted by Gasteiger charge is -2.27. The van der Waals surface area contributed by atoms with E-state index in [4.69, 9.17) is 4.42 Å². The van der Waals surface area contributed by atoms with Crippen molar-refractivity contribution in [3.05, 3.63) is 45.0 Å². The molecule has 0 aliphatic carbocycles. The number of hydrogen-bond acceptors (Lipinski definition) is 5. The van der Waals surface area contributed by atoms with Gasteiger partial charge in [-0.2, -0.15) is 0 Å². The highest BCUT2D eigenvalue weighted by molar-refractivity contribution is 7.10. The molecular formula is C21H30N4O3S. The Bertz CT molecular complexity index is 884. The molecule has 1 aliphatic rings. The number of carbonyl (C=O) groups is 1. The summed E-state index contributed by atoms with van der Waals surface area (Å²) < 4.78 is 5.54. The van der Waals surface area contributed by atoms with E-state index < -0.39 is 5.60 Å². The third kappa shape index (κ3) is 5.19. The molecule has 1 aliphatic heterocycles. The van der Waals surface area contributed by atoms with Gasteiger partial charge in [0.1, 0.15) is 23.7 Å². The quantitative estimate of drug-likeness (QED) is 0.495. The van der Waals surface area contributed by atoms with Crippen LogP contribution in [0.4, 0.5) is 0 Å². The average molecular weight is 419 g/mol. The Hall–Kier alpha value is -2.32. The van der Waals surface area contributed by atoms with E-state index in [1.54, 1.807) is 18.3 Å². The largest absolute Gasteiger partial charge is 0.466 e. The van der Waals surface area contributed by atoms with E-state index in [1.807, 2.05) is 31.7 Å². The van der Waals surface area contributed by atoms with Gasteiger partial charge in [-0.1, -0.05) is 0 Å². The van der Waals surface area contributed by atoms with Gasteiger partial charge in [0.15, 0.2) is 5.96 Å². The molecule has 0 radical (unpaired) electrons. The van der Waals surface area contributed by atoms with Crippen LogP contribution in [0.1, 0.15) is 41.4 Å². The zero-order valence-electron chi connectivity index (χ0n) is 17.5. The van der Waals surface area contributed by atoms with Crippen molar-refractivity contribution in [1.29, 1.82) is 0 Å². The number of aliphatic imine (C=N–C) groups is 1. The highest BCUT2D eigenvalue weighted by atomic mass is 32.1. The maximum atomic E-state index is 12.6. The van der Waals surface area contributed by atoms with Gasteiger partial charge >= 0.3 is 0 Å². The van der Waals surface area contributed by atoms with Crippen LogP contribution in [0.15, 0.2) is 26.9 Å². The second kappa shape index (κ2) is 9.00. The van der Waals surface area contributed by atoms with Crippen molar-refractivity contribution in [2.24, 2.45) is 4.99 Å². The SMILES string of the molecule is CCNC(=NCC(=O)N1CCc2sccc2C1)NCC(C)(O)c1cc(C)oc1C. The normalized spacial score (nSPS) is 16.3. The number of guanidine groups is 1. The van der Waals surface area contributed by atoms with Gasteiger partial charge in [-0.3, -0.25) is 4.79 Å². The van der Waals surface area contributed by atoms with E-state index in [0.29, 0.717) is 24.8 Å². The second-order valence-corrected chi connectivity index (χ2v) is 8.58. The molecule has 0 spiro atoms. The van der Waals surface area contributed by atoms with E-state index in [2.05, 4.69) is 27.1 Å². The van der Waals surface area contributed by atoms with E-state index in [1.165, 1.54) is 10.4 Å². The van der Waals surface area contributed by atoms with Gasteiger partial charge in [0, 0.05) is 30.1 Å². The van der Waals surface area contributed by atoms with Crippen LogP contribution in [0.2, 0.25) is 0 Å². The molecule has 3 rings (SSSR count). The van der Waals surface area contributed by atoms with E-state index >= 15 is 0 Å². The Kier molecular flexibility index (Phi) is 6.64. The van der Waals surface area contributed by atoms with Crippen LogP contribution in [-0.2, 0) is 23.4 Å². The molecule has 0 fully saturated rings. The third-order valence-electron chi connectivity index (χ3n) is 5.10. The lowest BCUT2D eigenvalue weighted by atomic mass is 9.96. The molecule has 2 aromatic rings. The summed E-state index contributed by atoms with van der Waals surface area (Å²) in [5.74, 6) is 1.97. The molecule has 8 heteroatoms. The van der Waals surface area contributed by atoms with Crippen LogP contribution in [0, 0.1) is 13.8 Å². The Balaban J connectivity index is 1.59. The number of aliphatic hydroxyl groups is 1. The van der Waals surface area contributed by atoms with Crippen molar-refractivity contribution in [3.63, 3.8) is 0 Å². The second-order valence-electron chi connectivity index (χ2n) is 7.58. The fourth-order valence-corrected chi connectivity index (χ4v) is 4.46. The predicted octanol–water partition coefficient (Wildman–Crippen LogP) is 2.31. The number of aryl methyl sites for hydroxylation is 2. The number of furan rings is 1. The molecule has 7 nitrogen and oxygen atoms in total. The Morgan fingerprint density at radius 3 is 2.90 bits per heavy atom. The molecule has 0 saturated carbocycles. The number of carbonyl (C=O) groups excluding carboxylic acids is 1. The van der Waals surface area contributed by atoms with E-state index in [0.717, 1.165) is 24.3 Å². The number of amides is 1. The topological polar surface area (TPSA) is 90.1 Å². The Morgan fingerprint density at radius 2 is 2.21 bits per heavy atom. The molecule has 1 amide bonds. The van der Waals surface area contributed by atoms with Crippen molar-refractivity contribution < 1.29 is 14.3 Å². The minimum atomic E-state index is -1.12. The first-order chi connectivity index (χ1) is 13.8. The van der Waals surface area contributed by atoms with Crippen LogP contribution in [-0.4, -0.2) is 48.1 Å². The molecular weight excluding hydrogens is 388 g/mol. The average Bonchev–Trinajstić information content (AvgIpc) is 3.29. The number of thiophene rings is 1. The summed E-state index contributed by atoms with van der Waals surface area (Å²) in [6.45, 7) is 9.76. The van der Waals surface area contributed by atoms with Crippen LogP contribution >= 0.6 is 11.3 Å². The molecule has 0 bridgehead atoms. The smallest absolute Gasteiger partial charge is 0.244 e. The lowest BCUT2D eigenvalue weighted by molar-refractivity contribution is -0.130. The summed E-state index contributed by atoms with van der Waals surface area (Å²) in [6.07, 6.45) is 0.910. The summed E-state index contributed by atoms with van der Waals surface area (Å²) in [5, 5.41) is 19.2. The third-order valence-corrected chi connectivity index (χ3v) is 6.12. The monoisotopic (exact) mass is 418 g/mol. The molecule has 2 aromatic heterocycles. The number of fused-ring (bicyclic) bond motifs is 1. The van der Waals surface area contributed by atoms with Crippen molar-refractivity contribution in [1.82, 2.24) is 15.5 Å². The molecule has 3 N–H and O–H groups in total. The molecule has 0 saturated heterocycles. The van der Waals surface area contributed by atoms with Crippen molar-refractivity contribution in [2.75, 3.05) is 26.2 Å². The van der Waals surface area contributed by atoms with Gasteiger partial charge in [0.25, 0.3) is 0 Å². The molecule has 158 valence electrons. The minimum absolute atomic E-state index is 0.00659. The lowest BCUT2D eigenvalue weighted by Crippen LogP contribution is -2.45. The summed E-state index contributed by atoms with van der Waals surface area (Å²) in [6, 6.07) is 3.94. The first-order valence-electron chi connectivity index (χ1n) is 9.95. The highest BCUT2D eigenvalue weighted by Crippen LogP contribution is 2.26. The number of hydrogen-bond donors (Lipinski definition) is 3. The van der Waals surface area contributed by atoms with E-state index in [-0.39, 0.29) is 19.0 Å². The summed E-state index contributed by atoms with van der Waals surface area (Å²) in [7, 11) is 0. The summed E-state index contributed by atoms with van der Waals surface area (Å²) in [5.41, 5.74) is 0.865. The van der Waals surface area contributed by atoms with Gasteiger partial charge in [0.05, 0.1) is 6.54 Å². The maximum absolute atomic E-state index is 12.6. The molecule has 3 heterocycles. The van der Waals surface area contributed by atoms with Gasteiger partial charge < -0.3 is 25.1 Å². The fourth-order valence-electron chi connectivity index (χ4n) is 3.57. The summed E-state index contributed by atoms with van der Waals surface area (Å²) in [4.78, 5) is 20.3. The minimum Gasteiger partial charge on any atom is -0.466 e. The standard InChI is InChI=1S/C21H30N4O3S/c1-5-22-20(24-13-21(4,27)17-10-14(2)28-15(17)3)23-11-19(26)25-8-6-18-16(12-25)7-9-29-18/h7,9-10,27H,5-6,8,11-13H2,1-4H3,(H2,22,23,24). The van der Waals surface area contributed by atoms with Crippen LogP contribution < -0.4 is 10.6 Å². The first kappa shape index (κ1) is 21.4. The molecule has 0 aromatic carbocycles. The number of nitrogens with one attached hydrogen (secondary N) is 2. The zero-order chi connectivity index (χ0) is 21.0. The number of nitrogens with zero attached hydrogens (tertiary/aromatic N) is 2. The van der Waals surface area contributed by atoms with Gasteiger partial charge in [0.2, 0.25) is 5.91 Å². The van der Waals surface area contributed by atoms with Crippen molar-refractivity contribution in [3.8, 4) is 0 Å². The van der Waals surface area contributed by atoms with Gasteiger partial charge in [-0.05, 0) is 57.2 Å². The van der Waals surface area contributed by atoms with Crippen LogP contribution in [0.25, 0.3) is 0 Å². The predicted molar refractivity (Wildman–Crippen MR) is 115 cm³/mol. The molecule has 1 unspecified atom stereocenters.